The Kier molecular flexibility index (Phi) is 6.28. The summed E-state index contributed by atoms with van der Waals surface area (Å²) in [6.45, 7) is 3.62. The second-order valence-electron chi connectivity index (χ2n) is 6.81. The lowest BCUT2D eigenvalue weighted by atomic mass is 10.0. The molecule has 3 rings (SSSR count). The number of hydrogen-bond donors (Lipinski definition) is 1. The Labute approximate surface area is 165 Å². The van der Waals surface area contributed by atoms with Crippen molar-refractivity contribution in [1.82, 2.24) is 4.90 Å². The molecule has 0 saturated carbocycles. The van der Waals surface area contributed by atoms with Crippen LogP contribution in [0.5, 0.6) is 0 Å². The average Bonchev–Trinajstić information content (AvgIpc) is 2.75. The summed E-state index contributed by atoms with van der Waals surface area (Å²) in [4.78, 5) is 28.6. The van der Waals surface area contributed by atoms with Gasteiger partial charge >= 0.3 is 6.03 Å². The molecule has 1 aliphatic heterocycles. The maximum atomic E-state index is 12.8. The molecule has 1 unspecified atom stereocenters. The highest BCUT2D eigenvalue weighted by Crippen LogP contribution is 2.20. The summed E-state index contributed by atoms with van der Waals surface area (Å²) in [6.07, 6.45) is 1.68. The average molecular weight is 376 g/mol. The lowest BCUT2D eigenvalue weighted by molar-refractivity contribution is 0.0988. The summed E-state index contributed by atoms with van der Waals surface area (Å²) in [7, 11) is 0. The first kappa shape index (κ1) is 19.4. The molecule has 1 N–H and O–H groups in total. The number of para-hydroxylation sites is 1. The molecular weight excluding hydrogens is 352 g/mol. The largest absolute Gasteiger partial charge is 0.323 e. The molecule has 0 radical (unpaired) electrons. The highest BCUT2D eigenvalue weighted by atomic mass is 16.2. The van der Waals surface area contributed by atoms with Gasteiger partial charge in [0.1, 0.15) is 0 Å². The maximum absolute atomic E-state index is 12.8. The summed E-state index contributed by atoms with van der Waals surface area (Å²) in [5.41, 5.74) is 2.04. The molecule has 1 atom stereocenters. The van der Waals surface area contributed by atoms with Crippen LogP contribution in [0.1, 0.15) is 30.1 Å². The van der Waals surface area contributed by atoms with Gasteiger partial charge in [0.05, 0.1) is 12.0 Å². The highest BCUT2D eigenvalue weighted by Gasteiger charge is 2.23. The van der Waals surface area contributed by atoms with Gasteiger partial charge in [-0.2, -0.15) is 5.26 Å². The van der Waals surface area contributed by atoms with E-state index in [4.69, 9.17) is 5.26 Å². The number of carbonyl (C=O) groups is 2. The van der Waals surface area contributed by atoms with Crippen molar-refractivity contribution in [2.24, 2.45) is 5.92 Å². The molecule has 0 bridgehead atoms. The zero-order valence-electron chi connectivity index (χ0n) is 16.0. The molecule has 3 amide bonds. The zero-order chi connectivity index (χ0) is 19.9. The van der Waals surface area contributed by atoms with Crippen molar-refractivity contribution in [2.45, 2.75) is 19.8 Å². The minimum atomic E-state index is -0.210. The molecule has 1 fully saturated rings. The number of anilines is 2. The normalized spacial score (nSPS) is 16.1. The molecule has 0 aliphatic carbocycles. The monoisotopic (exact) mass is 376 g/mol. The van der Waals surface area contributed by atoms with E-state index in [1.807, 2.05) is 37.3 Å². The smallest absolute Gasteiger partial charge is 0.321 e. The number of urea groups is 1. The predicted molar refractivity (Wildman–Crippen MR) is 109 cm³/mol. The first-order chi connectivity index (χ1) is 13.6. The molecule has 2 aromatic rings. The highest BCUT2D eigenvalue weighted by molar-refractivity contribution is 6.06. The van der Waals surface area contributed by atoms with Gasteiger partial charge in [0.2, 0.25) is 0 Å². The number of nitrogens with one attached hydrogen (secondary N) is 1. The zero-order valence-corrected chi connectivity index (χ0v) is 16.0. The maximum Gasteiger partial charge on any atom is 0.321 e. The van der Waals surface area contributed by atoms with Crippen LogP contribution >= 0.6 is 0 Å². The Hall–Kier alpha value is -3.33. The molecule has 0 aromatic heterocycles. The van der Waals surface area contributed by atoms with E-state index < -0.39 is 0 Å². The number of likely N-dealkylation sites (tertiary alicyclic amines) is 1. The standard InChI is InChI=1S/C22H24N4O2/c1-2-26(20-8-4-3-5-9-20)21(27)18-10-12-19(13-11-18)24-22(28)25-14-6-7-17(15-23)16-25/h3-5,8-13,17H,2,6-7,14,16H2,1H3,(H,24,28). The second kappa shape index (κ2) is 9.05. The van der Waals surface area contributed by atoms with Gasteiger partial charge < -0.3 is 15.1 Å². The summed E-state index contributed by atoms with van der Waals surface area (Å²) in [5.74, 6) is -0.183. The van der Waals surface area contributed by atoms with Gasteiger partial charge in [0, 0.05) is 36.6 Å². The number of nitrogens with zero attached hydrogens (tertiary/aromatic N) is 3. The van der Waals surface area contributed by atoms with Crippen LogP contribution in [0.15, 0.2) is 54.6 Å². The molecule has 2 aromatic carbocycles. The third-order valence-electron chi connectivity index (χ3n) is 4.90. The molecule has 1 saturated heterocycles. The van der Waals surface area contributed by atoms with Crippen LogP contribution in [0.2, 0.25) is 0 Å². The van der Waals surface area contributed by atoms with E-state index in [2.05, 4.69) is 11.4 Å². The fourth-order valence-electron chi connectivity index (χ4n) is 3.37. The van der Waals surface area contributed by atoms with Crippen LogP contribution in [-0.4, -0.2) is 36.5 Å². The van der Waals surface area contributed by atoms with E-state index in [1.165, 1.54) is 0 Å². The molecule has 144 valence electrons. The van der Waals surface area contributed by atoms with Crippen molar-refractivity contribution < 1.29 is 9.59 Å². The number of carbonyl (C=O) groups excluding carboxylic acids is 2. The van der Waals surface area contributed by atoms with Crippen molar-refractivity contribution in [1.29, 1.82) is 5.26 Å². The third-order valence-corrected chi connectivity index (χ3v) is 4.90. The second-order valence-corrected chi connectivity index (χ2v) is 6.81. The minimum absolute atomic E-state index is 0.0838. The van der Waals surface area contributed by atoms with Crippen molar-refractivity contribution >= 4 is 23.3 Å². The van der Waals surface area contributed by atoms with Gasteiger partial charge in [0.25, 0.3) is 5.91 Å². The summed E-state index contributed by atoms with van der Waals surface area (Å²) in [6, 6.07) is 18.5. The lowest BCUT2D eigenvalue weighted by Crippen LogP contribution is -2.42. The Morgan fingerprint density at radius 3 is 2.54 bits per heavy atom. The van der Waals surface area contributed by atoms with E-state index in [0.29, 0.717) is 30.9 Å². The number of hydrogen-bond acceptors (Lipinski definition) is 3. The fraction of sp³-hybridized carbons (Fsp3) is 0.318. The number of amides is 3. The first-order valence-corrected chi connectivity index (χ1v) is 9.55. The molecule has 6 nitrogen and oxygen atoms in total. The van der Waals surface area contributed by atoms with E-state index in [1.54, 1.807) is 34.1 Å². The number of piperidine rings is 1. The van der Waals surface area contributed by atoms with Crippen LogP contribution in [0.4, 0.5) is 16.2 Å². The Balaban J connectivity index is 1.65. The van der Waals surface area contributed by atoms with Gasteiger partial charge in [-0.1, -0.05) is 18.2 Å². The quantitative estimate of drug-likeness (QED) is 0.872. The van der Waals surface area contributed by atoms with Gasteiger partial charge in [-0.3, -0.25) is 4.79 Å². The molecule has 28 heavy (non-hydrogen) atoms. The van der Waals surface area contributed by atoms with Gasteiger partial charge in [-0.15, -0.1) is 0 Å². The predicted octanol–water partition coefficient (Wildman–Crippen LogP) is 4.12. The van der Waals surface area contributed by atoms with E-state index >= 15 is 0 Å². The SMILES string of the molecule is CCN(C(=O)c1ccc(NC(=O)N2CCCC(C#N)C2)cc1)c1ccccc1. The minimum Gasteiger partial charge on any atom is -0.323 e. The van der Waals surface area contributed by atoms with Crippen LogP contribution in [0, 0.1) is 17.2 Å². The molecule has 6 heteroatoms. The molecule has 0 spiro atoms. The Bertz CT molecular complexity index is 858. The van der Waals surface area contributed by atoms with E-state index in [-0.39, 0.29) is 17.9 Å². The van der Waals surface area contributed by atoms with Crippen molar-refractivity contribution in [3.05, 3.63) is 60.2 Å². The molecule has 1 aliphatic rings. The van der Waals surface area contributed by atoms with Crippen molar-refractivity contribution in [3.63, 3.8) is 0 Å². The Morgan fingerprint density at radius 1 is 1.18 bits per heavy atom. The van der Waals surface area contributed by atoms with Crippen LogP contribution in [0.25, 0.3) is 0 Å². The summed E-state index contributed by atoms with van der Waals surface area (Å²) >= 11 is 0. The lowest BCUT2D eigenvalue weighted by Gasteiger charge is -2.29. The number of nitriles is 1. The van der Waals surface area contributed by atoms with Crippen LogP contribution in [0.3, 0.4) is 0 Å². The van der Waals surface area contributed by atoms with Gasteiger partial charge in [-0.25, -0.2) is 4.79 Å². The first-order valence-electron chi connectivity index (χ1n) is 9.55. The van der Waals surface area contributed by atoms with Crippen molar-refractivity contribution in [2.75, 3.05) is 29.9 Å². The summed E-state index contributed by atoms with van der Waals surface area (Å²) in [5, 5.41) is 11.9. The van der Waals surface area contributed by atoms with Gasteiger partial charge in [-0.05, 0) is 56.2 Å². The molecule has 1 heterocycles. The van der Waals surface area contributed by atoms with E-state index in [0.717, 1.165) is 18.5 Å². The van der Waals surface area contributed by atoms with E-state index in [9.17, 15) is 9.59 Å². The third kappa shape index (κ3) is 4.49. The van der Waals surface area contributed by atoms with Gasteiger partial charge in [0.15, 0.2) is 0 Å². The van der Waals surface area contributed by atoms with Crippen LogP contribution < -0.4 is 10.2 Å². The van der Waals surface area contributed by atoms with Crippen molar-refractivity contribution in [3.8, 4) is 6.07 Å². The topological polar surface area (TPSA) is 76.4 Å². The summed E-state index contributed by atoms with van der Waals surface area (Å²) < 4.78 is 0. The van der Waals surface area contributed by atoms with Crippen LogP contribution in [-0.2, 0) is 0 Å². The fourth-order valence-corrected chi connectivity index (χ4v) is 3.37. The number of benzene rings is 2. The Morgan fingerprint density at radius 2 is 1.89 bits per heavy atom. The number of rotatable bonds is 4. The molecular formula is C22H24N4O2.